The van der Waals surface area contributed by atoms with Gasteiger partial charge in [0.05, 0.1) is 12.7 Å². The van der Waals surface area contributed by atoms with Crippen LogP contribution in [0.15, 0.2) is 41.8 Å². The largest absolute Gasteiger partial charge is 0.349 e. The van der Waals surface area contributed by atoms with Gasteiger partial charge in [0.15, 0.2) is 0 Å². The van der Waals surface area contributed by atoms with Crippen LogP contribution in [0.4, 0.5) is 0 Å². The van der Waals surface area contributed by atoms with E-state index in [4.69, 9.17) is 11.6 Å². The van der Waals surface area contributed by atoms with E-state index in [1.807, 2.05) is 12.1 Å². The number of hydrogen-bond donors (Lipinski definition) is 2. The number of aromatic nitrogens is 5. The number of imidazole rings is 1. The Labute approximate surface area is 129 Å². The molecule has 0 amide bonds. The van der Waals surface area contributed by atoms with Crippen LogP contribution in [0.1, 0.15) is 5.69 Å². The first-order valence-corrected chi connectivity index (χ1v) is 7.24. The lowest BCUT2D eigenvalue weighted by Gasteiger charge is -2.03. The van der Waals surface area contributed by atoms with Crippen LogP contribution >= 0.6 is 11.6 Å². The standard InChI is InChI=1S/C15H12ClN5O/c16-9-1-2-12-11(5-9)13-14(20-12)15(22)21(8-19-13)4-3-10-6-17-7-18-10/h1-2,5-8,20H,3-4H2,(H,17,18). The van der Waals surface area contributed by atoms with Crippen LogP contribution in [0, 0.1) is 0 Å². The summed E-state index contributed by atoms with van der Waals surface area (Å²) in [6.07, 6.45) is 5.65. The van der Waals surface area contributed by atoms with Crippen molar-refractivity contribution in [3.63, 3.8) is 0 Å². The van der Waals surface area contributed by atoms with Gasteiger partial charge in [0, 0.05) is 40.8 Å². The van der Waals surface area contributed by atoms with Gasteiger partial charge in [-0.2, -0.15) is 0 Å². The zero-order chi connectivity index (χ0) is 15.1. The molecule has 0 atom stereocenters. The average Bonchev–Trinajstić information content (AvgIpc) is 3.14. The molecule has 0 saturated heterocycles. The van der Waals surface area contributed by atoms with E-state index in [1.54, 1.807) is 29.5 Å². The summed E-state index contributed by atoms with van der Waals surface area (Å²) in [5, 5.41) is 1.49. The van der Waals surface area contributed by atoms with E-state index in [0.717, 1.165) is 16.6 Å². The highest BCUT2D eigenvalue weighted by molar-refractivity contribution is 6.31. The molecule has 0 fully saturated rings. The normalized spacial score (nSPS) is 11.5. The number of rotatable bonds is 3. The number of nitrogens with zero attached hydrogens (tertiary/aromatic N) is 3. The lowest BCUT2D eigenvalue weighted by atomic mass is 10.2. The van der Waals surface area contributed by atoms with Gasteiger partial charge >= 0.3 is 0 Å². The highest BCUT2D eigenvalue weighted by Crippen LogP contribution is 2.24. The number of aromatic amines is 2. The number of aryl methyl sites for hydroxylation is 2. The summed E-state index contributed by atoms with van der Waals surface area (Å²) < 4.78 is 1.60. The van der Waals surface area contributed by atoms with Crippen LogP contribution < -0.4 is 5.56 Å². The molecule has 0 spiro atoms. The summed E-state index contributed by atoms with van der Waals surface area (Å²) in [6.45, 7) is 0.542. The molecule has 0 aliphatic carbocycles. The van der Waals surface area contributed by atoms with E-state index in [2.05, 4.69) is 19.9 Å². The van der Waals surface area contributed by atoms with Gasteiger partial charge in [0.25, 0.3) is 5.56 Å². The number of fused-ring (bicyclic) bond motifs is 3. The van der Waals surface area contributed by atoms with E-state index in [9.17, 15) is 4.79 Å². The van der Waals surface area contributed by atoms with Crippen molar-refractivity contribution in [3.8, 4) is 0 Å². The molecule has 6 nitrogen and oxygen atoms in total. The third-order valence-corrected chi connectivity index (χ3v) is 3.95. The number of nitrogens with one attached hydrogen (secondary N) is 2. The Morgan fingerprint density at radius 2 is 2.23 bits per heavy atom. The Morgan fingerprint density at radius 3 is 3.05 bits per heavy atom. The zero-order valence-corrected chi connectivity index (χ0v) is 12.3. The number of halogens is 1. The second-order valence-corrected chi connectivity index (χ2v) is 5.54. The van der Waals surface area contributed by atoms with Gasteiger partial charge in [0.2, 0.25) is 0 Å². The molecule has 110 valence electrons. The van der Waals surface area contributed by atoms with Crippen molar-refractivity contribution in [2.75, 3.05) is 0 Å². The van der Waals surface area contributed by atoms with Crippen LogP contribution in [0.3, 0.4) is 0 Å². The fourth-order valence-corrected chi connectivity index (χ4v) is 2.76. The Balaban J connectivity index is 1.80. The summed E-state index contributed by atoms with van der Waals surface area (Å²) in [6, 6.07) is 5.46. The number of H-pyrrole nitrogens is 2. The summed E-state index contributed by atoms with van der Waals surface area (Å²) in [5.74, 6) is 0. The fraction of sp³-hybridized carbons (Fsp3) is 0.133. The van der Waals surface area contributed by atoms with Gasteiger partial charge in [-0.25, -0.2) is 9.97 Å². The number of hydrogen-bond acceptors (Lipinski definition) is 3. The zero-order valence-electron chi connectivity index (χ0n) is 11.5. The SMILES string of the molecule is O=c1c2[nH]c3ccc(Cl)cc3c2ncn1CCc1cnc[nH]1. The minimum atomic E-state index is -0.0863. The van der Waals surface area contributed by atoms with Crippen molar-refractivity contribution in [2.45, 2.75) is 13.0 Å². The molecule has 4 aromatic rings. The molecule has 22 heavy (non-hydrogen) atoms. The van der Waals surface area contributed by atoms with Crippen LogP contribution in [0.25, 0.3) is 21.9 Å². The van der Waals surface area contributed by atoms with Crippen molar-refractivity contribution < 1.29 is 0 Å². The quantitative estimate of drug-likeness (QED) is 0.610. The fourth-order valence-electron chi connectivity index (χ4n) is 2.58. The van der Waals surface area contributed by atoms with Crippen molar-refractivity contribution in [1.29, 1.82) is 0 Å². The highest BCUT2D eigenvalue weighted by atomic mass is 35.5. The second kappa shape index (κ2) is 4.99. The van der Waals surface area contributed by atoms with E-state index in [1.165, 1.54) is 0 Å². The lowest BCUT2D eigenvalue weighted by molar-refractivity contribution is 0.655. The second-order valence-electron chi connectivity index (χ2n) is 5.11. The van der Waals surface area contributed by atoms with Gasteiger partial charge in [-0.15, -0.1) is 0 Å². The Morgan fingerprint density at radius 1 is 1.32 bits per heavy atom. The third kappa shape index (κ3) is 2.08. The van der Waals surface area contributed by atoms with Crippen molar-refractivity contribution >= 4 is 33.5 Å². The smallest absolute Gasteiger partial charge is 0.277 e. The molecule has 0 aliphatic rings. The Hall–Kier alpha value is -2.60. The molecule has 2 N–H and O–H groups in total. The molecule has 0 aliphatic heterocycles. The van der Waals surface area contributed by atoms with Crippen LogP contribution in [-0.4, -0.2) is 24.5 Å². The lowest BCUT2D eigenvalue weighted by Crippen LogP contribution is -2.21. The molecule has 1 aromatic carbocycles. The predicted molar refractivity (Wildman–Crippen MR) is 85.2 cm³/mol. The molecule has 7 heteroatoms. The summed E-state index contributed by atoms with van der Waals surface area (Å²) in [5.41, 5.74) is 2.91. The van der Waals surface area contributed by atoms with Crippen LogP contribution in [-0.2, 0) is 13.0 Å². The molecular weight excluding hydrogens is 302 g/mol. The first-order valence-electron chi connectivity index (χ1n) is 6.86. The summed E-state index contributed by atoms with van der Waals surface area (Å²) in [7, 11) is 0. The van der Waals surface area contributed by atoms with E-state index >= 15 is 0 Å². The Bertz CT molecular complexity index is 1020. The summed E-state index contributed by atoms with van der Waals surface area (Å²) >= 11 is 6.02. The third-order valence-electron chi connectivity index (χ3n) is 3.71. The predicted octanol–water partition coefficient (Wildman–Crippen LogP) is 2.50. The van der Waals surface area contributed by atoms with Crippen molar-refractivity contribution in [3.05, 3.63) is 58.1 Å². The molecule has 0 unspecified atom stereocenters. The first kappa shape index (κ1) is 13.1. The monoisotopic (exact) mass is 313 g/mol. The maximum absolute atomic E-state index is 12.6. The molecule has 0 saturated carbocycles. The van der Waals surface area contributed by atoms with Crippen molar-refractivity contribution in [1.82, 2.24) is 24.5 Å². The summed E-state index contributed by atoms with van der Waals surface area (Å²) in [4.78, 5) is 27.1. The Kier molecular flexibility index (Phi) is 2.97. The van der Waals surface area contributed by atoms with Crippen LogP contribution in [0.2, 0.25) is 5.02 Å². The van der Waals surface area contributed by atoms with Gasteiger partial charge in [0.1, 0.15) is 11.0 Å². The topological polar surface area (TPSA) is 79.4 Å². The van der Waals surface area contributed by atoms with E-state index < -0.39 is 0 Å². The van der Waals surface area contributed by atoms with Gasteiger partial charge in [-0.3, -0.25) is 9.36 Å². The number of benzene rings is 1. The van der Waals surface area contributed by atoms with Crippen LogP contribution in [0.5, 0.6) is 0 Å². The van der Waals surface area contributed by atoms with Gasteiger partial charge < -0.3 is 9.97 Å². The molecular formula is C15H12ClN5O. The van der Waals surface area contributed by atoms with E-state index in [0.29, 0.717) is 29.0 Å². The highest BCUT2D eigenvalue weighted by Gasteiger charge is 2.11. The molecule has 3 heterocycles. The minimum Gasteiger partial charge on any atom is -0.349 e. The van der Waals surface area contributed by atoms with Gasteiger partial charge in [-0.05, 0) is 18.2 Å². The molecule has 0 bridgehead atoms. The van der Waals surface area contributed by atoms with Crippen molar-refractivity contribution in [2.24, 2.45) is 0 Å². The average molecular weight is 314 g/mol. The van der Waals surface area contributed by atoms with E-state index in [-0.39, 0.29) is 5.56 Å². The minimum absolute atomic E-state index is 0.0863. The molecule has 0 radical (unpaired) electrons. The molecule has 3 aromatic heterocycles. The maximum Gasteiger partial charge on any atom is 0.277 e. The molecule has 4 rings (SSSR count). The first-order chi connectivity index (χ1) is 10.7. The van der Waals surface area contributed by atoms with Gasteiger partial charge in [-0.1, -0.05) is 11.6 Å². The maximum atomic E-state index is 12.6.